The minimum absolute atomic E-state index is 0.0112. The number of phenolic OH excluding ortho intramolecular Hbond substituents is 1. The molecule has 4 heteroatoms. The van der Waals surface area contributed by atoms with Crippen LogP contribution in [-0.4, -0.2) is 16.0 Å². The molecule has 0 bridgehead atoms. The lowest BCUT2D eigenvalue weighted by Crippen LogP contribution is -2.27. The van der Waals surface area contributed by atoms with Crippen LogP contribution in [0.1, 0.15) is 20.8 Å². The average molecular weight is 320 g/mol. The van der Waals surface area contributed by atoms with Crippen molar-refractivity contribution >= 4 is 22.5 Å². The Balaban J connectivity index is 2.10. The normalized spacial score (nSPS) is 11.5. The van der Waals surface area contributed by atoms with E-state index in [4.69, 9.17) is 0 Å². The summed E-state index contributed by atoms with van der Waals surface area (Å²) < 4.78 is 0. The molecule has 0 radical (unpaired) electrons. The van der Waals surface area contributed by atoms with Gasteiger partial charge in [-0.15, -0.1) is 0 Å². The number of nitrogens with zero attached hydrogens (tertiary/aromatic N) is 1. The molecule has 1 aromatic heterocycles. The highest BCUT2D eigenvalue weighted by molar-refractivity contribution is 6.03. The Morgan fingerprint density at radius 1 is 1.04 bits per heavy atom. The van der Waals surface area contributed by atoms with Crippen molar-refractivity contribution < 1.29 is 9.90 Å². The van der Waals surface area contributed by atoms with Crippen LogP contribution in [0.25, 0.3) is 22.0 Å². The Morgan fingerprint density at radius 2 is 1.75 bits per heavy atom. The Labute approximate surface area is 141 Å². The van der Waals surface area contributed by atoms with Crippen molar-refractivity contribution in [3.05, 3.63) is 54.7 Å². The molecule has 3 aromatic rings. The summed E-state index contributed by atoms with van der Waals surface area (Å²) in [5, 5.41) is 14.2. The van der Waals surface area contributed by atoms with Gasteiger partial charge in [0, 0.05) is 17.0 Å². The van der Waals surface area contributed by atoms with Gasteiger partial charge in [0.25, 0.3) is 0 Å². The topological polar surface area (TPSA) is 62.2 Å². The first-order chi connectivity index (χ1) is 11.4. The van der Waals surface area contributed by atoms with Crippen LogP contribution in [0.2, 0.25) is 0 Å². The summed E-state index contributed by atoms with van der Waals surface area (Å²) >= 11 is 0. The van der Waals surface area contributed by atoms with E-state index in [1.54, 1.807) is 12.3 Å². The van der Waals surface area contributed by atoms with Gasteiger partial charge in [0.1, 0.15) is 5.52 Å². The monoisotopic (exact) mass is 320 g/mol. The molecule has 3 rings (SSSR count). The Morgan fingerprint density at radius 3 is 2.42 bits per heavy atom. The number of anilines is 1. The number of fused-ring (bicyclic) bond motifs is 1. The van der Waals surface area contributed by atoms with Crippen LogP contribution in [0, 0.1) is 5.41 Å². The van der Waals surface area contributed by atoms with Gasteiger partial charge in [-0.3, -0.25) is 9.78 Å². The molecule has 24 heavy (non-hydrogen) atoms. The van der Waals surface area contributed by atoms with E-state index in [0.717, 1.165) is 16.5 Å². The summed E-state index contributed by atoms with van der Waals surface area (Å²) in [6.07, 6.45) is 1.67. The molecule has 0 atom stereocenters. The molecule has 0 unspecified atom stereocenters. The number of carbonyl (C=O) groups is 1. The smallest absolute Gasteiger partial charge is 0.229 e. The maximum Gasteiger partial charge on any atom is 0.229 e. The van der Waals surface area contributed by atoms with Crippen molar-refractivity contribution in [2.45, 2.75) is 20.8 Å². The summed E-state index contributed by atoms with van der Waals surface area (Å²) in [7, 11) is 0. The average Bonchev–Trinajstić information content (AvgIpc) is 2.57. The summed E-state index contributed by atoms with van der Waals surface area (Å²) in [6.45, 7) is 5.48. The van der Waals surface area contributed by atoms with Gasteiger partial charge in [0.15, 0.2) is 5.75 Å². The summed E-state index contributed by atoms with van der Waals surface area (Å²) in [4.78, 5) is 16.5. The highest BCUT2D eigenvalue weighted by Crippen LogP contribution is 2.36. The number of hydrogen-bond donors (Lipinski definition) is 2. The van der Waals surface area contributed by atoms with Gasteiger partial charge in [0.05, 0.1) is 5.69 Å². The molecular formula is C20H20N2O2. The van der Waals surface area contributed by atoms with Crippen LogP contribution in [-0.2, 0) is 4.79 Å². The second-order valence-corrected chi connectivity index (χ2v) is 6.79. The van der Waals surface area contributed by atoms with E-state index in [1.807, 2.05) is 63.2 Å². The lowest BCUT2D eigenvalue weighted by molar-refractivity contribution is -0.123. The molecule has 122 valence electrons. The largest absolute Gasteiger partial charge is 0.504 e. The second kappa shape index (κ2) is 5.96. The van der Waals surface area contributed by atoms with Crippen molar-refractivity contribution in [3.8, 4) is 16.9 Å². The van der Waals surface area contributed by atoms with Crippen LogP contribution < -0.4 is 5.32 Å². The highest BCUT2D eigenvalue weighted by Gasteiger charge is 2.23. The zero-order valence-corrected chi connectivity index (χ0v) is 14.0. The predicted octanol–water partition coefficient (Wildman–Crippen LogP) is 4.59. The number of rotatable bonds is 2. The van der Waals surface area contributed by atoms with Gasteiger partial charge in [-0.2, -0.15) is 0 Å². The zero-order valence-electron chi connectivity index (χ0n) is 14.0. The molecule has 0 fully saturated rings. The van der Waals surface area contributed by atoms with Gasteiger partial charge in [-0.05, 0) is 29.3 Å². The maximum absolute atomic E-state index is 12.2. The van der Waals surface area contributed by atoms with Crippen LogP contribution >= 0.6 is 0 Å². The number of pyridine rings is 1. The number of aromatic nitrogens is 1. The first kappa shape index (κ1) is 16.0. The third kappa shape index (κ3) is 2.95. The maximum atomic E-state index is 12.2. The third-order valence-electron chi connectivity index (χ3n) is 3.90. The van der Waals surface area contributed by atoms with Crippen LogP contribution in [0.5, 0.6) is 5.75 Å². The van der Waals surface area contributed by atoms with E-state index >= 15 is 0 Å². The minimum Gasteiger partial charge on any atom is -0.504 e. The molecule has 0 aliphatic carbocycles. The van der Waals surface area contributed by atoms with Crippen molar-refractivity contribution in [1.29, 1.82) is 0 Å². The van der Waals surface area contributed by atoms with E-state index in [2.05, 4.69) is 10.3 Å². The number of hydrogen-bond acceptors (Lipinski definition) is 3. The van der Waals surface area contributed by atoms with E-state index in [-0.39, 0.29) is 11.7 Å². The summed E-state index contributed by atoms with van der Waals surface area (Å²) in [5.41, 5.74) is 2.35. The van der Waals surface area contributed by atoms with E-state index in [0.29, 0.717) is 11.2 Å². The highest BCUT2D eigenvalue weighted by atomic mass is 16.3. The lowest BCUT2D eigenvalue weighted by atomic mass is 9.95. The molecule has 0 aliphatic heterocycles. The molecule has 0 aliphatic rings. The quantitative estimate of drug-likeness (QED) is 0.679. The fraction of sp³-hybridized carbons (Fsp3) is 0.200. The molecule has 4 nitrogen and oxygen atoms in total. The van der Waals surface area contributed by atoms with E-state index < -0.39 is 5.41 Å². The summed E-state index contributed by atoms with van der Waals surface area (Å²) in [5.74, 6) is -0.167. The Bertz CT molecular complexity index is 897. The standard InChI is InChI=1S/C20H20N2O2/c1-20(2,3)19(24)22-16-10-9-15-14(13-7-5-4-6-8-13)11-12-21-17(15)18(16)23/h4-12,23H,1-3H3,(H,22,24). The number of amides is 1. The van der Waals surface area contributed by atoms with Crippen LogP contribution in [0.4, 0.5) is 5.69 Å². The van der Waals surface area contributed by atoms with Crippen molar-refractivity contribution in [2.24, 2.45) is 5.41 Å². The molecule has 0 saturated carbocycles. The van der Waals surface area contributed by atoms with Gasteiger partial charge < -0.3 is 10.4 Å². The Hall–Kier alpha value is -2.88. The molecule has 0 saturated heterocycles. The third-order valence-corrected chi connectivity index (χ3v) is 3.90. The molecule has 1 heterocycles. The molecule has 2 aromatic carbocycles. The Kier molecular flexibility index (Phi) is 3.97. The van der Waals surface area contributed by atoms with Gasteiger partial charge in [-0.1, -0.05) is 51.1 Å². The molecule has 1 amide bonds. The van der Waals surface area contributed by atoms with Crippen molar-refractivity contribution in [2.75, 3.05) is 5.32 Å². The lowest BCUT2D eigenvalue weighted by Gasteiger charge is -2.18. The van der Waals surface area contributed by atoms with Gasteiger partial charge in [-0.25, -0.2) is 0 Å². The first-order valence-electron chi connectivity index (χ1n) is 7.85. The number of aromatic hydroxyl groups is 1. The fourth-order valence-corrected chi connectivity index (χ4v) is 2.48. The van der Waals surface area contributed by atoms with E-state index in [9.17, 15) is 9.90 Å². The fourth-order valence-electron chi connectivity index (χ4n) is 2.48. The van der Waals surface area contributed by atoms with E-state index in [1.165, 1.54) is 0 Å². The number of carbonyl (C=O) groups excluding carboxylic acids is 1. The summed E-state index contributed by atoms with van der Waals surface area (Å²) in [6, 6.07) is 15.5. The molecule has 2 N–H and O–H groups in total. The van der Waals surface area contributed by atoms with Gasteiger partial charge in [0.2, 0.25) is 5.91 Å². The number of phenols is 1. The second-order valence-electron chi connectivity index (χ2n) is 6.79. The van der Waals surface area contributed by atoms with Crippen LogP contribution in [0.3, 0.4) is 0 Å². The van der Waals surface area contributed by atoms with Crippen molar-refractivity contribution in [3.63, 3.8) is 0 Å². The number of nitrogens with one attached hydrogen (secondary N) is 1. The number of benzene rings is 2. The molecule has 0 spiro atoms. The molecular weight excluding hydrogens is 300 g/mol. The zero-order chi connectivity index (χ0) is 17.3. The first-order valence-corrected chi connectivity index (χ1v) is 7.85. The minimum atomic E-state index is -0.541. The predicted molar refractivity (Wildman–Crippen MR) is 96.9 cm³/mol. The SMILES string of the molecule is CC(C)(C)C(=O)Nc1ccc2c(-c3ccccc3)ccnc2c1O. The van der Waals surface area contributed by atoms with Crippen molar-refractivity contribution in [1.82, 2.24) is 4.98 Å². The van der Waals surface area contributed by atoms with Crippen LogP contribution in [0.15, 0.2) is 54.7 Å². The van der Waals surface area contributed by atoms with Gasteiger partial charge >= 0.3 is 0 Å².